The van der Waals surface area contributed by atoms with Gasteiger partial charge in [0.1, 0.15) is 17.5 Å². The zero-order valence-electron chi connectivity index (χ0n) is 12.4. The van der Waals surface area contributed by atoms with Gasteiger partial charge in [-0.15, -0.1) is 0 Å². The fourth-order valence-corrected chi connectivity index (χ4v) is 2.42. The maximum Gasteiger partial charge on any atom is 0.130 e. The van der Waals surface area contributed by atoms with E-state index in [-0.39, 0.29) is 11.6 Å². The number of hydrogen-bond donors (Lipinski definition) is 1. The number of nitrogens with one attached hydrogen (secondary N) is 1. The molecule has 1 atom stereocenters. The van der Waals surface area contributed by atoms with Gasteiger partial charge in [0.2, 0.25) is 0 Å². The Kier molecular flexibility index (Phi) is 5.44. The molecular formula is C16H21F2N3. The lowest BCUT2D eigenvalue weighted by Crippen LogP contribution is -2.25. The van der Waals surface area contributed by atoms with Crippen LogP contribution in [0.2, 0.25) is 0 Å². The van der Waals surface area contributed by atoms with Crippen LogP contribution in [0, 0.1) is 11.6 Å². The average Bonchev–Trinajstić information content (AvgIpc) is 2.86. The third-order valence-corrected chi connectivity index (χ3v) is 3.57. The number of aromatic nitrogens is 2. The predicted octanol–water partition coefficient (Wildman–Crippen LogP) is 3.37. The molecule has 1 N–H and O–H groups in total. The minimum Gasteiger partial charge on any atom is -0.338 e. The molecule has 0 aliphatic heterocycles. The van der Waals surface area contributed by atoms with Gasteiger partial charge in [-0.1, -0.05) is 13.0 Å². The maximum atomic E-state index is 14.0. The van der Waals surface area contributed by atoms with E-state index >= 15 is 0 Å². The van der Waals surface area contributed by atoms with E-state index in [0.29, 0.717) is 12.8 Å². The number of imidazole rings is 1. The van der Waals surface area contributed by atoms with Crippen molar-refractivity contribution >= 4 is 0 Å². The second kappa shape index (κ2) is 7.31. The SMILES string of the molecule is CCCNC(CCc1nccn1C)c1c(F)cccc1F. The van der Waals surface area contributed by atoms with Gasteiger partial charge in [-0.25, -0.2) is 13.8 Å². The summed E-state index contributed by atoms with van der Waals surface area (Å²) < 4.78 is 29.9. The standard InChI is InChI=1S/C16H21F2N3/c1-3-9-19-14(7-8-15-20-10-11-21(15)2)16-12(17)5-4-6-13(16)18/h4-6,10-11,14,19H,3,7-9H2,1-2H3. The van der Waals surface area contributed by atoms with Crippen LogP contribution in [0.3, 0.4) is 0 Å². The molecule has 1 aromatic carbocycles. The highest BCUT2D eigenvalue weighted by molar-refractivity contribution is 5.23. The van der Waals surface area contributed by atoms with Gasteiger partial charge < -0.3 is 9.88 Å². The summed E-state index contributed by atoms with van der Waals surface area (Å²) in [5.41, 5.74) is 0.125. The molecule has 1 unspecified atom stereocenters. The summed E-state index contributed by atoms with van der Waals surface area (Å²) in [4.78, 5) is 4.25. The van der Waals surface area contributed by atoms with Crippen LogP contribution < -0.4 is 5.32 Å². The van der Waals surface area contributed by atoms with Crippen LogP contribution in [-0.4, -0.2) is 16.1 Å². The molecule has 0 amide bonds. The van der Waals surface area contributed by atoms with E-state index in [1.807, 2.05) is 24.7 Å². The number of rotatable bonds is 7. The van der Waals surface area contributed by atoms with Crippen LogP contribution in [0.5, 0.6) is 0 Å². The van der Waals surface area contributed by atoms with Crippen LogP contribution in [0.25, 0.3) is 0 Å². The Hall–Kier alpha value is -1.75. The van der Waals surface area contributed by atoms with Gasteiger partial charge in [0, 0.05) is 37.5 Å². The van der Waals surface area contributed by atoms with Gasteiger partial charge in [0.05, 0.1) is 0 Å². The van der Waals surface area contributed by atoms with E-state index in [9.17, 15) is 8.78 Å². The van der Waals surface area contributed by atoms with Crippen molar-refractivity contribution in [1.82, 2.24) is 14.9 Å². The van der Waals surface area contributed by atoms with Crippen molar-refractivity contribution in [2.75, 3.05) is 6.54 Å². The Morgan fingerprint density at radius 3 is 2.57 bits per heavy atom. The Morgan fingerprint density at radius 1 is 1.29 bits per heavy atom. The molecule has 0 bridgehead atoms. The highest BCUT2D eigenvalue weighted by Gasteiger charge is 2.20. The molecule has 0 saturated heterocycles. The third-order valence-electron chi connectivity index (χ3n) is 3.57. The molecule has 1 heterocycles. The number of halogens is 2. The summed E-state index contributed by atoms with van der Waals surface area (Å²) in [6, 6.07) is 3.66. The van der Waals surface area contributed by atoms with Crippen molar-refractivity contribution in [3.05, 3.63) is 53.6 Å². The minimum absolute atomic E-state index is 0.125. The Bertz CT molecular complexity index is 560. The molecule has 5 heteroatoms. The van der Waals surface area contributed by atoms with E-state index in [2.05, 4.69) is 10.3 Å². The Labute approximate surface area is 124 Å². The van der Waals surface area contributed by atoms with Crippen LogP contribution in [0.15, 0.2) is 30.6 Å². The largest absolute Gasteiger partial charge is 0.338 e. The molecule has 2 aromatic rings. The van der Waals surface area contributed by atoms with Crippen LogP contribution in [0.1, 0.15) is 37.2 Å². The van der Waals surface area contributed by atoms with E-state index in [1.165, 1.54) is 18.2 Å². The number of hydrogen-bond acceptors (Lipinski definition) is 2. The molecule has 3 nitrogen and oxygen atoms in total. The predicted molar refractivity (Wildman–Crippen MR) is 78.9 cm³/mol. The van der Waals surface area contributed by atoms with Crippen LogP contribution in [-0.2, 0) is 13.5 Å². The van der Waals surface area contributed by atoms with E-state index in [0.717, 1.165) is 18.8 Å². The summed E-state index contributed by atoms with van der Waals surface area (Å²) in [5, 5.41) is 3.23. The maximum absolute atomic E-state index is 14.0. The average molecular weight is 293 g/mol. The molecule has 114 valence electrons. The first-order valence-corrected chi connectivity index (χ1v) is 7.27. The minimum atomic E-state index is -0.497. The molecule has 2 rings (SSSR count). The monoisotopic (exact) mass is 293 g/mol. The highest BCUT2D eigenvalue weighted by atomic mass is 19.1. The van der Waals surface area contributed by atoms with Gasteiger partial charge in [-0.2, -0.15) is 0 Å². The third kappa shape index (κ3) is 3.88. The zero-order valence-corrected chi connectivity index (χ0v) is 12.4. The van der Waals surface area contributed by atoms with Gasteiger partial charge in [0.25, 0.3) is 0 Å². The molecule has 0 spiro atoms. The van der Waals surface area contributed by atoms with Crippen molar-refractivity contribution in [2.24, 2.45) is 7.05 Å². The Balaban J connectivity index is 2.16. The molecule has 0 aliphatic rings. The smallest absolute Gasteiger partial charge is 0.130 e. The van der Waals surface area contributed by atoms with E-state index in [1.54, 1.807) is 6.20 Å². The first-order valence-electron chi connectivity index (χ1n) is 7.27. The molecule has 0 saturated carbocycles. The zero-order chi connectivity index (χ0) is 15.2. The van der Waals surface area contributed by atoms with E-state index < -0.39 is 11.6 Å². The fourth-order valence-electron chi connectivity index (χ4n) is 2.42. The normalized spacial score (nSPS) is 12.6. The van der Waals surface area contributed by atoms with Gasteiger partial charge >= 0.3 is 0 Å². The highest BCUT2D eigenvalue weighted by Crippen LogP contribution is 2.24. The van der Waals surface area contributed by atoms with Gasteiger partial charge in [-0.05, 0) is 31.5 Å². The summed E-state index contributed by atoms with van der Waals surface area (Å²) >= 11 is 0. The lowest BCUT2D eigenvalue weighted by atomic mass is 10.00. The van der Waals surface area contributed by atoms with Crippen LogP contribution in [0.4, 0.5) is 8.78 Å². The number of aryl methyl sites for hydroxylation is 2. The van der Waals surface area contributed by atoms with Crippen molar-refractivity contribution in [1.29, 1.82) is 0 Å². The summed E-state index contributed by atoms with van der Waals surface area (Å²) in [6.07, 6.45) is 5.78. The number of benzene rings is 1. The molecule has 0 radical (unpaired) electrons. The van der Waals surface area contributed by atoms with Gasteiger partial charge in [-0.3, -0.25) is 0 Å². The Morgan fingerprint density at radius 2 is 2.00 bits per heavy atom. The van der Waals surface area contributed by atoms with Crippen molar-refractivity contribution in [2.45, 2.75) is 32.2 Å². The fraction of sp³-hybridized carbons (Fsp3) is 0.438. The first-order chi connectivity index (χ1) is 10.1. The number of nitrogens with zero attached hydrogens (tertiary/aromatic N) is 2. The molecular weight excluding hydrogens is 272 g/mol. The van der Waals surface area contributed by atoms with Crippen molar-refractivity contribution in [3.8, 4) is 0 Å². The summed E-state index contributed by atoms with van der Waals surface area (Å²) in [6.45, 7) is 2.75. The summed E-state index contributed by atoms with van der Waals surface area (Å²) in [7, 11) is 1.92. The van der Waals surface area contributed by atoms with Crippen molar-refractivity contribution < 1.29 is 8.78 Å². The molecule has 1 aromatic heterocycles. The quantitative estimate of drug-likeness (QED) is 0.848. The second-order valence-electron chi connectivity index (χ2n) is 5.14. The van der Waals surface area contributed by atoms with Crippen LogP contribution >= 0.6 is 0 Å². The topological polar surface area (TPSA) is 29.9 Å². The molecule has 0 aliphatic carbocycles. The van der Waals surface area contributed by atoms with Crippen molar-refractivity contribution in [3.63, 3.8) is 0 Å². The molecule has 0 fully saturated rings. The second-order valence-corrected chi connectivity index (χ2v) is 5.14. The lowest BCUT2D eigenvalue weighted by Gasteiger charge is -2.20. The first kappa shape index (κ1) is 15.6. The lowest BCUT2D eigenvalue weighted by molar-refractivity contribution is 0.442. The van der Waals surface area contributed by atoms with E-state index in [4.69, 9.17) is 0 Å². The summed E-state index contributed by atoms with van der Waals surface area (Å²) in [5.74, 6) is -0.0815. The van der Waals surface area contributed by atoms with Gasteiger partial charge in [0.15, 0.2) is 0 Å². The molecule has 21 heavy (non-hydrogen) atoms.